The van der Waals surface area contributed by atoms with Crippen molar-refractivity contribution in [2.45, 2.75) is 39.7 Å². The first kappa shape index (κ1) is 20.0. The second-order valence-electron chi connectivity index (χ2n) is 7.44. The Morgan fingerprint density at radius 3 is 2.63 bits per heavy atom. The van der Waals surface area contributed by atoms with Crippen molar-refractivity contribution in [1.29, 1.82) is 0 Å². The highest BCUT2D eigenvalue weighted by atomic mass is 16.5. The fourth-order valence-corrected chi connectivity index (χ4v) is 3.70. The molecule has 1 saturated heterocycles. The molecule has 0 aliphatic carbocycles. The first-order valence-corrected chi connectivity index (χ1v) is 10.0. The van der Waals surface area contributed by atoms with Crippen molar-refractivity contribution < 1.29 is 13.9 Å². The lowest BCUT2D eigenvalue weighted by molar-refractivity contribution is 0.0996. The molecule has 1 fully saturated rings. The van der Waals surface area contributed by atoms with E-state index >= 15 is 0 Å². The van der Waals surface area contributed by atoms with E-state index in [9.17, 15) is 4.79 Å². The van der Waals surface area contributed by atoms with Crippen molar-refractivity contribution in [3.05, 3.63) is 53.8 Å². The highest BCUT2D eigenvalue weighted by Crippen LogP contribution is 2.36. The zero-order valence-electron chi connectivity index (χ0n) is 17.4. The third-order valence-corrected chi connectivity index (χ3v) is 5.23. The van der Waals surface area contributed by atoms with Gasteiger partial charge in [0.15, 0.2) is 6.39 Å². The smallest absolute Gasteiger partial charge is 0.293 e. The summed E-state index contributed by atoms with van der Waals surface area (Å²) in [7, 11) is 0. The molecule has 1 aliphatic rings. The molecule has 3 aromatic rings. The van der Waals surface area contributed by atoms with Crippen LogP contribution < -0.4 is 15.4 Å². The maximum atomic E-state index is 12.6. The van der Waals surface area contributed by atoms with Crippen LogP contribution in [0.1, 0.15) is 40.5 Å². The molecular formula is C22H25N5O3. The third kappa shape index (κ3) is 4.18. The van der Waals surface area contributed by atoms with Gasteiger partial charge in [-0.2, -0.15) is 0 Å². The lowest BCUT2D eigenvalue weighted by Gasteiger charge is -2.26. The van der Waals surface area contributed by atoms with Gasteiger partial charge in [0.05, 0.1) is 5.69 Å². The zero-order chi connectivity index (χ0) is 21.1. The lowest BCUT2D eigenvalue weighted by Crippen LogP contribution is -2.37. The SMILES string of the molecule is Cc1ncoc1C(=O)Nc1ccc(O[C@@H]2CCCNC2)c(-c2c(C)ncnc2C)c1. The molecule has 0 saturated carbocycles. The average Bonchev–Trinajstić information content (AvgIpc) is 3.16. The number of hydrogen-bond donors (Lipinski definition) is 2. The summed E-state index contributed by atoms with van der Waals surface area (Å²) in [5, 5.41) is 6.26. The number of piperidine rings is 1. The Balaban J connectivity index is 1.70. The number of oxazole rings is 1. The number of ether oxygens (including phenoxy) is 1. The second-order valence-corrected chi connectivity index (χ2v) is 7.44. The molecule has 0 radical (unpaired) electrons. The van der Waals surface area contributed by atoms with Crippen LogP contribution in [-0.2, 0) is 0 Å². The normalized spacial score (nSPS) is 16.3. The summed E-state index contributed by atoms with van der Waals surface area (Å²) < 4.78 is 11.5. The quantitative estimate of drug-likeness (QED) is 0.668. The molecule has 4 rings (SSSR count). The fourth-order valence-electron chi connectivity index (χ4n) is 3.70. The van der Waals surface area contributed by atoms with E-state index in [-0.39, 0.29) is 17.8 Å². The van der Waals surface area contributed by atoms with Crippen LogP contribution >= 0.6 is 0 Å². The van der Waals surface area contributed by atoms with Crippen LogP contribution in [0.2, 0.25) is 0 Å². The second kappa shape index (κ2) is 8.62. The highest BCUT2D eigenvalue weighted by Gasteiger charge is 2.21. The predicted octanol–water partition coefficient (Wildman–Crippen LogP) is 3.44. The Labute approximate surface area is 175 Å². The van der Waals surface area contributed by atoms with Crippen molar-refractivity contribution in [3.63, 3.8) is 0 Å². The van der Waals surface area contributed by atoms with E-state index in [1.165, 1.54) is 6.39 Å². The number of nitrogens with zero attached hydrogens (tertiary/aromatic N) is 3. The number of carbonyl (C=O) groups excluding carboxylic acids is 1. The molecule has 2 aromatic heterocycles. The van der Waals surface area contributed by atoms with E-state index in [0.29, 0.717) is 11.4 Å². The van der Waals surface area contributed by atoms with Crippen LogP contribution in [0.25, 0.3) is 11.1 Å². The topological polar surface area (TPSA) is 102 Å². The van der Waals surface area contributed by atoms with Gasteiger partial charge in [0, 0.05) is 34.7 Å². The molecule has 8 heteroatoms. The van der Waals surface area contributed by atoms with Gasteiger partial charge in [0.2, 0.25) is 5.76 Å². The summed E-state index contributed by atoms with van der Waals surface area (Å²) in [5.41, 5.74) is 4.63. The molecule has 0 unspecified atom stereocenters. The van der Waals surface area contributed by atoms with E-state index in [1.54, 1.807) is 13.3 Å². The third-order valence-electron chi connectivity index (χ3n) is 5.23. The lowest BCUT2D eigenvalue weighted by atomic mass is 10.0. The first-order valence-electron chi connectivity index (χ1n) is 10.0. The number of amides is 1. The molecule has 1 aliphatic heterocycles. The predicted molar refractivity (Wildman–Crippen MR) is 113 cm³/mol. The number of aryl methyl sites for hydroxylation is 3. The van der Waals surface area contributed by atoms with Crippen LogP contribution in [-0.4, -0.2) is 40.1 Å². The molecule has 1 atom stereocenters. The minimum Gasteiger partial charge on any atom is -0.488 e. The summed E-state index contributed by atoms with van der Waals surface area (Å²) in [4.78, 5) is 25.3. The van der Waals surface area contributed by atoms with E-state index in [0.717, 1.165) is 54.2 Å². The molecule has 8 nitrogen and oxygen atoms in total. The summed E-state index contributed by atoms with van der Waals surface area (Å²) in [6, 6.07) is 5.61. The van der Waals surface area contributed by atoms with Crippen LogP contribution in [0, 0.1) is 20.8 Å². The summed E-state index contributed by atoms with van der Waals surface area (Å²) >= 11 is 0. The number of benzene rings is 1. The Morgan fingerprint density at radius 2 is 1.97 bits per heavy atom. The van der Waals surface area contributed by atoms with Gasteiger partial charge in [0.25, 0.3) is 5.91 Å². The molecular weight excluding hydrogens is 382 g/mol. The van der Waals surface area contributed by atoms with Gasteiger partial charge < -0.3 is 19.8 Å². The highest BCUT2D eigenvalue weighted by molar-refractivity contribution is 6.03. The summed E-state index contributed by atoms with van der Waals surface area (Å²) in [5.74, 6) is 0.595. The van der Waals surface area contributed by atoms with Gasteiger partial charge in [-0.05, 0) is 58.4 Å². The van der Waals surface area contributed by atoms with Crippen LogP contribution in [0.3, 0.4) is 0 Å². The molecule has 1 aromatic carbocycles. The Hall–Kier alpha value is -3.26. The molecule has 156 valence electrons. The van der Waals surface area contributed by atoms with Gasteiger partial charge in [-0.3, -0.25) is 4.79 Å². The largest absolute Gasteiger partial charge is 0.488 e. The maximum Gasteiger partial charge on any atom is 0.293 e. The van der Waals surface area contributed by atoms with E-state index < -0.39 is 0 Å². The first-order chi connectivity index (χ1) is 14.5. The minimum absolute atomic E-state index is 0.0972. The van der Waals surface area contributed by atoms with Gasteiger partial charge >= 0.3 is 0 Å². The van der Waals surface area contributed by atoms with E-state index in [4.69, 9.17) is 9.15 Å². The number of anilines is 1. The van der Waals surface area contributed by atoms with Crippen molar-refractivity contribution in [2.75, 3.05) is 18.4 Å². The average molecular weight is 407 g/mol. The zero-order valence-corrected chi connectivity index (χ0v) is 17.4. The van der Waals surface area contributed by atoms with E-state index in [1.807, 2.05) is 32.0 Å². The van der Waals surface area contributed by atoms with E-state index in [2.05, 4.69) is 25.6 Å². The van der Waals surface area contributed by atoms with Gasteiger partial charge in [-0.1, -0.05) is 0 Å². The minimum atomic E-state index is -0.348. The van der Waals surface area contributed by atoms with Crippen LogP contribution in [0.15, 0.2) is 35.3 Å². The standard InChI is InChI=1S/C22H25N5O3/c1-13-20(14(2)25-11-24-13)18-9-16(27-22(28)21-15(3)26-12-29-21)6-7-19(18)30-17-5-4-8-23-10-17/h6-7,9,11-12,17,23H,4-5,8,10H2,1-3H3,(H,27,28)/t17-/m1/s1. The number of nitrogens with one attached hydrogen (secondary N) is 2. The Kier molecular flexibility index (Phi) is 5.76. The molecule has 3 heterocycles. The summed E-state index contributed by atoms with van der Waals surface area (Å²) in [6.45, 7) is 7.45. The van der Waals surface area contributed by atoms with Crippen LogP contribution in [0.5, 0.6) is 5.75 Å². The van der Waals surface area contributed by atoms with Gasteiger partial charge in [-0.25, -0.2) is 15.0 Å². The van der Waals surface area contributed by atoms with Crippen molar-refractivity contribution in [1.82, 2.24) is 20.3 Å². The molecule has 30 heavy (non-hydrogen) atoms. The number of hydrogen-bond acceptors (Lipinski definition) is 7. The summed E-state index contributed by atoms with van der Waals surface area (Å²) in [6.07, 6.45) is 4.99. The van der Waals surface area contributed by atoms with Crippen molar-refractivity contribution in [3.8, 4) is 16.9 Å². The molecule has 1 amide bonds. The monoisotopic (exact) mass is 407 g/mol. The molecule has 0 spiro atoms. The van der Waals surface area contributed by atoms with Crippen molar-refractivity contribution >= 4 is 11.6 Å². The van der Waals surface area contributed by atoms with Crippen molar-refractivity contribution in [2.24, 2.45) is 0 Å². The Morgan fingerprint density at radius 1 is 1.17 bits per heavy atom. The Bertz CT molecular complexity index is 1040. The molecule has 2 N–H and O–H groups in total. The number of rotatable bonds is 5. The molecule has 0 bridgehead atoms. The van der Waals surface area contributed by atoms with Gasteiger partial charge in [-0.15, -0.1) is 0 Å². The fraction of sp³-hybridized carbons (Fsp3) is 0.364. The maximum absolute atomic E-state index is 12.6. The number of carbonyl (C=O) groups is 1. The van der Waals surface area contributed by atoms with Crippen LogP contribution in [0.4, 0.5) is 5.69 Å². The van der Waals surface area contributed by atoms with Gasteiger partial charge in [0.1, 0.15) is 18.2 Å². The number of aromatic nitrogens is 3.